The van der Waals surface area contributed by atoms with Crippen LogP contribution in [0.2, 0.25) is 0 Å². The molecule has 0 saturated carbocycles. The van der Waals surface area contributed by atoms with Gasteiger partial charge in [0.15, 0.2) is 0 Å². The molecule has 0 aliphatic carbocycles. The number of amides is 1. The van der Waals surface area contributed by atoms with E-state index in [1.807, 2.05) is 48.5 Å². The number of aromatic nitrogens is 2. The second-order valence-corrected chi connectivity index (χ2v) is 8.76. The van der Waals surface area contributed by atoms with Crippen LogP contribution in [0.25, 0.3) is 33.1 Å². The van der Waals surface area contributed by atoms with E-state index in [4.69, 9.17) is 9.72 Å². The lowest BCUT2D eigenvalue weighted by atomic mass is 9.99. The van der Waals surface area contributed by atoms with Gasteiger partial charge in [0.05, 0.1) is 18.3 Å². The zero-order valence-electron chi connectivity index (χ0n) is 19.6. The maximum Gasteiger partial charge on any atom is 0.270 e. The van der Waals surface area contributed by atoms with E-state index in [2.05, 4.69) is 54.5 Å². The molecule has 0 atom stereocenters. The van der Waals surface area contributed by atoms with Gasteiger partial charge in [-0.25, -0.2) is 4.98 Å². The smallest absolute Gasteiger partial charge is 0.270 e. The molecule has 0 radical (unpaired) electrons. The van der Waals surface area contributed by atoms with Gasteiger partial charge in [-0.1, -0.05) is 68.4 Å². The van der Waals surface area contributed by atoms with Crippen molar-refractivity contribution < 1.29 is 9.53 Å². The third kappa shape index (κ3) is 4.13. The number of hydrogen-bond acceptors (Lipinski definition) is 3. The van der Waals surface area contributed by atoms with Gasteiger partial charge in [-0.15, -0.1) is 0 Å². The van der Waals surface area contributed by atoms with Gasteiger partial charge in [0.25, 0.3) is 5.91 Å². The first-order chi connectivity index (χ1) is 16.5. The summed E-state index contributed by atoms with van der Waals surface area (Å²) in [5.74, 6) is 1.03. The van der Waals surface area contributed by atoms with Crippen molar-refractivity contribution in [1.29, 1.82) is 0 Å². The molecule has 170 valence electrons. The van der Waals surface area contributed by atoms with Gasteiger partial charge in [0, 0.05) is 28.4 Å². The Morgan fingerprint density at radius 3 is 2.41 bits per heavy atom. The molecule has 0 aliphatic heterocycles. The first kappa shape index (κ1) is 21.7. The Labute approximate surface area is 198 Å². The number of carbonyl (C=O) groups excluding carboxylic acids is 1. The van der Waals surface area contributed by atoms with Crippen molar-refractivity contribution in [3.05, 3.63) is 95.7 Å². The quantitative estimate of drug-likeness (QED) is 0.313. The van der Waals surface area contributed by atoms with Crippen LogP contribution in [-0.4, -0.2) is 23.0 Å². The van der Waals surface area contributed by atoms with Crippen molar-refractivity contribution in [2.75, 3.05) is 7.11 Å². The predicted molar refractivity (Wildman–Crippen MR) is 137 cm³/mol. The number of aromatic amines is 1. The van der Waals surface area contributed by atoms with Crippen molar-refractivity contribution in [2.24, 2.45) is 0 Å². The molecule has 1 amide bonds. The van der Waals surface area contributed by atoms with Gasteiger partial charge in [0.1, 0.15) is 11.4 Å². The standard InChI is InChI=1S/C29H27N3O2/c1-18(2)20-10-12-21(13-11-20)27-28-24(23-6-4-5-7-25(23)31-28)16-26(32-27)29(33)30-17-19-8-14-22(34-3)15-9-19/h4-16,18,31H,17H2,1-3H3,(H,30,33). The Balaban J connectivity index is 1.54. The highest BCUT2D eigenvalue weighted by Crippen LogP contribution is 2.33. The zero-order valence-corrected chi connectivity index (χ0v) is 19.6. The van der Waals surface area contributed by atoms with Crippen LogP contribution < -0.4 is 10.1 Å². The number of nitrogens with zero attached hydrogens (tertiary/aromatic N) is 1. The van der Waals surface area contributed by atoms with Crippen molar-refractivity contribution in [1.82, 2.24) is 15.3 Å². The van der Waals surface area contributed by atoms with E-state index in [9.17, 15) is 4.79 Å². The van der Waals surface area contributed by atoms with E-state index in [1.54, 1.807) is 7.11 Å². The van der Waals surface area contributed by atoms with Gasteiger partial charge in [0.2, 0.25) is 0 Å². The third-order valence-electron chi connectivity index (χ3n) is 6.19. The van der Waals surface area contributed by atoms with E-state index in [-0.39, 0.29) is 5.91 Å². The summed E-state index contributed by atoms with van der Waals surface area (Å²) in [7, 11) is 1.64. The molecule has 3 aromatic carbocycles. The minimum Gasteiger partial charge on any atom is -0.497 e. The summed E-state index contributed by atoms with van der Waals surface area (Å²) in [6.07, 6.45) is 0. The Kier molecular flexibility index (Phi) is 5.76. The average Bonchev–Trinajstić information content (AvgIpc) is 3.26. The molecule has 5 rings (SSSR count). The molecule has 2 aromatic heterocycles. The fraction of sp³-hybridized carbons (Fsp3) is 0.172. The molecule has 0 aliphatic rings. The lowest BCUT2D eigenvalue weighted by Gasteiger charge is -2.10. The summed E-state index contributed by atoms with van der Waals surface area (Å²) in [5, 5.41) is 5.07. The topological polar surface area (TPSA) is 67.0 Å². The van der Waals surface area contributed by atoms with Gasteiger partial charge in [-0.3, -0.25) is 4.79 Å². The van der Waals surface area contributed by atoms with Crippen LogP contribution in [0.15, 0.2) is 78.9 Å². The molecule has 0 saturated heterocycles. The number of pyridine rings is 1. The second-order valence-electron chi connectivity index (χ2n) is 8.76. The normalized spacial score (nSPS) is 11.3. The van der Waals surface area contributed by atoms with Crippen LogP contribution in [0, 0.1) is 0 Å². The fourth-order valence-electron chi connectivity index (χ4n) is 4.21. The molecule has 5 heteroatoms. The lowest BCUT2D eigenvalue weighted by Crippen LogP contribution is -2.24. The van der Waals surface area contributed by atoms with Gasteiger partial charge < -0.3 is 15.0 Å². The first-order valence-electron chi connectivity index (χ1n) is 11.5. The first-order valence-corrected chi connectivity index (χ1v) is 11.5. The van der Waals surface area contributed by atoms with E-state index < -0.39 is 0 Å². The second kappa shape index (κ2) is 9.02. The number of hydrogen-bond donors (Lipinski definition) is 2. The number of H-pyrrole nitrogens is 1. The summed E-state index contributed by atoms with van der Waals surface area (Å²) in [5.41, 5.74) is 6.37. The maximum atomic E-state index is 13.2. The molecule has 2 heterocycles. The van der Waals surface area contributed by atoms with Crippen LogP contribution in [0.5, 0.6) is 5.75 Å². The predicted octanol–water partition coefficient (Wildman–Crippen LogP) is 6.45. The number of carbonyl (C=O) groups is 1. The highest BCUT2D eigenvalue weighted by atomic mass is 16.5. The van der Waals surface area contributed by atoms with Crippen LogP contribution in [0.3, 0.4) is 0 Å². The zero-order chi connectivity index (χ0) is 23.7. The molecule has 5 nitrogen and oxygen atoms in total. The van der Waals surface area contributed by atoms with E-state index >= 15 is 0 Å². The van der Waals surface area contributed by atoms with Crippen molar-refractivity contribution in [3.63, 3.8) is 0 Å². The number of fused-ring (bicyclic) bond motifs is 3. The van der Waals surface area contributed by atoms with Gasteiger partial charge in [-0.05, 0) is 41.3 Å². The van der Waals surface area contributed by atoms with E-state index in [0.29, 0.717) is 18.2 Å². The van der Waals surface area contributed by atoms with Gasteiger partial charge >= 0.3 is 0 Å². The Hall–Kier alpha value is -4.12. The Morgan fingerprint density at radius 1 is 0.971 bits per heavy atom. The number of methoxy groups -OCH3 is 1. The van der Waals surface area contributed by atoms with Gasteiger partial charge in [-0.2, -0.15) is 0 Å². The number of para-hydroxylation sites is 1. The lowest BCUT2D eigenvalue weighted by molar-refractivity contribution is 0.0946. The Morgan fingerprint density at radius 2 is 1.71 bits per heavy atom. The summed E-state index contributed by atoms with van der Waals surface area (Å²) in [6, 6.07) is 26.1. The van der Waals surface area contributed by atoms with Crippen molar-refractivity contribution in [3.8, 4) is 17.0 Å². The summed E-state index contributed by atoms with van der Waals surface area (Å²) in [6.45, 7) is 4.77. The molecule has 5 aromatic rings. The van der Waals surface area contributed by atoms with Crippen LogP contribution in [0.4, 0.5) is 0 Å². The van der Waals surface area contributed by atoms with E-state index in [0.717, 1.165) is 44.4 Å². The highest BCUT2D eigenvalue weighted by molar-refractivity contribution is 6.13. The third-order valence-corrected chi connectivity index (χ3v) is 6.19. The minimum absolute atomic E-state index is 0.206. The monoisotopic (exact) mass is 449 g/mol. The number of rotatable bonds is 6. The number of ether oxygens (including phenoxy) is 1. The maximum absolute atomic E-state index is 13.2. The Bertz CT molecular complexity index is 1470. The molecule has 0 spiro atoms. The molecular weight excluding hydrogens is 422 g/mol. The largest absolute Gasteiger partial charge is 0.497 e. The summed E-state index contributed by atoms with van der Waals surface area (Å²) in [4.78, 5) is 21.5. The molecular formula is C29H27N3O2. The van der Waals surface area contributed by atoms with Crippen molar-refractivity contribution in [2.45, 2.75) is 26.3 Å². The van der Waals surface area contributed by atoms with Crippen LogP contribution in [0.1, 0.15) is 41.4 Å². The number of nitrogens with one attached hydrogen (secondary N) is 2. The van der Waals surface area contributed by atoms with Crippen LogP contribution >= 0.6 is 0 Å². The molecule has 0 bridgehead atoms. The van der Waals surface area contributed by atoms with Crippen LogP contribution in [-0.2, 0) is 6.54 Å². The van der Waals surface area contributed by atoms with Crippen molar-refractivity contribution >= 4 is 27.7 Å². The number of benzene rings is 3. The highest BCUT2D eigenvalue weighted by Gasteiger charge is 2.17. The molecule has 2 N–H and O–H groups in total. The molecule has 34 heavy (non-hydrogen) atoms. The fourth-order valence-corrected chi connectivity index (χ4v) is 4.21. The molecule has 0 fully saturated rings. The molecule has 0 unspecified atom stereocenters. The SMILES string of the molecule is COc1ccc(CNC(=O)c2cc3c([nH]c4ccccc43)c(-c3ccc(C(C)C)cc3)n2)cc1. The summed E-state index contributed by atoms with van der Waals surface area (Å²) < 4.78 is 5.21. The van der Waals surface area contributed by atoms with E-state index in [1.165, 1.54) is 5.56 Å². The summed E-state index contributed by atoms with van der Waals surface area (Å²) >= 11 is 0. The average molecular weight is 450 g/mol. The minimum atomic E-state index is -0.206.